The average Bonchev–Trinajstić information content (AvgIpc) is 2.72. The molecule has 0 aliphatic heterocycles. The minimum Gasteiger partial charge on any atom is -0.363 e. The van der Waals surface area contributed by atoms with Crippen LogP contribution in [0.25, 0.3) is 0 Å². The van der Waals surface area contributed by atoms with E-state index in [-0.39, 0.29) is 0 Å². The number of nitrogens with zero attached hydrogens (tertiary/aromatic N) is 3. The Kier molecular flexibility index (Phi) is 6.78. The highest BCUT2D eigenvalue weighted by molar-refractivity contribution is 5.49. The van der Waals surface area contributed by atoms with Gasteiger partial charge in [-0.15, -0.1) is 0 Å². The van der Waals surface area contributed by atoms with Gasteiger partial charge in [0.15, 0.2) is 0 Å². The number of benzene rings is 1. The molecule has 1 aromatic carbocycles. The second kappa shape index (κ2) is 9.12. The van der Waals surface area contributed by atoms with Crippen molar-refractivity contribution in [2.75, 3.05) is 24.3 Å². The first-order chi connectivity index (χ1) is 13.8. The summed E-state index contributed by atoms with van der Waals surface area (Å²) < 4.78 is 0. The lowest BCUT2D eigenvalue weighted by molar-refractivity contribution is 0.351. The average molecular weight is 396 g/mol. The molecule has 0 atom stereocenters. The summed E-state index contributed by atoms with van der Waals surface area (Å²) in [6.45, 7) is 12.3. The van der Waals surface area contributed by atoms with E-state index in [1.807, 2.05) is 31.3 Å². The largest absolute Gasteiger partial charge is 0.363 e. The van der Waals surface area contributed by atoms with Crippen molar-refractivity contribution in [1.82, 2.24) is 15.3 Å². The summed E-state index contributed by atoms with van der Waals surface area (Å²) in [5.74, 6) is 1.68. The van der Waals surface area contributed by atoms with Crippen molar-refractivity contribution in [1.29, 1.82) is 0 Å². The van der Waals surface area contributed by atoms with Crippen molar-refractivity contribution in [3.8, 4) is 0 Å². The van der Waals surface area contributed by atoms with Gasteiger partial charge in [0, 0.05) is 38.9 Å². The van der Waals surface area contributed by atoms with Gasteiger partial charge >= 0.3 is 0 Å². The monoisotopic (exact) mass is 395 g/mol. The molecule has 1 aliphatic carbocycles. The Morgan fingerprint density at radius 1 is 0.862 bits per heavy atom. The smallest absolute Gasteiger partial charge is 0.224 e. The zero-order valence-corrected chi connectivity index (χ0v) is 19.2. The molecule has 1 aliphatic rings. The van der Waals surface area contributed by atoms with Gasteiger partial charge in [0.25, 0.3) is 0 Å². The van der Waals surface area contributed by atoms with Gasteiger partial charge in [0.1, 0.15) is 5.82 Å². The van der Waals surface area contributed by atoms with Crippen molar-refractivity contribution in [3.05, 3.63) is 45.6 Å². The lowest BCUT2D eigenvalue weighted by Crippen LogP contribution is -2.37. The number of hydrogen-bond acceptors (Lipinski definition) is 5. The lowest BCUT2D eigenvalue weighted by atomic mass is 9.88. The molecular weight excluding hydrogens is 358 g/mol. The van der Waals surface area contributed by atoms with Gasteiger partial charge in [0.05, 0.1) is 0 Å². The molecule has 1 saturated carbocycles. The Balaban J connectivity index is 1.54. The molecule has 0 spiro atoms. The molecule has 2 aromatic rings. The molecule has 1 heterocycles. The predicted octanol–water partition coefficient (Wildman–Crippen LogP) is 4.60. The molecule has 3 rings (SSSR count). The predicted molar refractivity (Wildman–Crippen MR) is 123 cm³/mol. The van der Waals surface area contributed by atoms with Crippen LogP contribution >= 0.6 is 0 Å². The first-order valence-corrected chi connectivity index (χ1v) is 10.8. The van der Waals surface area contributed by atoms with E-state index in [0.29, 0.717) is 12.1 Å². The van der Waals surface area contributed by atoms with Gasteiger partial charge in [-0.3, -0.25) is 0 Å². The highest BCUT2D eigenvalue weighted by Gasteiger charge is 2.22. The molecule has 0 bridgehead atoms. The Labute approximate surface area is 176 Å². The summed E-state index contributed by atoms with van der Waals surface area (Å²) in [5, 5.41) is 7.37. The summed E-state index contributed by atoms with van der Waals surface area (Å²) in [6.07, 6.45) is 6.50. The van der Waals surface area contributed by atoms with E-state index in [4.69, 9.17) is 0 Å². The number of aromatic nitrogens is 2. The van der Waals surface area contributed by atoms with E-state index in [9.17, 15) is 0 Å². The van der Waals surface area contributed by atoms with Crippen molar-refractivity contribution < 1.29 is 0 Å². The third kappa shape index (κ3) is 4.89. The van der Waals surface area contributed by atoms with Crippen molar-refractivity contribution in [2.24, 2.45) is 0 Å². The maximum Gasteiger partial charge on any atom is 0.224 e. The van der Waals surface area contributed by atoms with Crippen LogP contribution in [0.4, 0.5) is 11.8 Å². The molecule has 0 radical (unpaired) electrons. The number of rotatable bonds is 6. The topological polar surface area (TPSA) is 53.1 Å². The molecule has 1 fully saturated rings. The molecule has 0 unspecified atom stereocenters. The van der Waals surface area contributed by atoms with E-state index >= 15 is 0 Å². The quantitative estimate of drug-likeness (QED) is 0.749. The number of hydrogen-bond donors (Lipinski definition) is 2. The second-order valence-corrected chi connectivity index (χ2v) is 8.81. The fraction of sp³-hybridized carbons (Fsp3) is 0.583. The third-order valence-electron chi connectivity index (χ3n) is 6.88. The van der Waals surface area contributed by atoms with Crippen LogP contribution in [-0.2, 0) is 6.54 Å². The lowest BCUT2D eigenvalue weighted by Gasteiger charge is -2.30. The first-order valence-electron chi connectivity index (χ1n) is 10.8. The van der Waals surface area contributed by atoms with Gasteiger partial charge in [-0.25, -0.2) is 4.98 Å². The number of anilines is 2. The maximum atomic E-state index is 4.59. The number of nitrogens with one attached hydrogen (secondary N) is 2. The summed E-state index contributed by atoms with van der Waals surface area (Å²) in [4.78, 5) is 11.0. The molecule has 0 amide bonds. The summed E-state index contributed by atoms with van der Waals surface area (Å²) in [7, 11) is 4.01. The Morgan fingerprint density at radius 2 is 1.41 bits per heavy atom. The summed E-state index contributed by atoms with van der Waals surface area (Å²) in [5.41, 5.74) is 8.71. The van der Waals surface area contributed by atoms with Gasteiger partial charge in [-0.2, -0.15) is 4.98 Å². The molecule has 0 saturated heterocycles. The fourth-order valence-electron chi connectivity index (χ4n) is 4.38. The van der Waals surface area contributed by atoms with Crippen LogP contribution in [0.5, 0.6) is 0 Å². The highest BCUT2D eigenvalue weighted by atomic mass is 15.2. The Morgan fingerprint density at radius 3 is 2.00 bits per heavy atom. The second-order valence-electron chi connectivity index (χ2n) is 8.81. The van der Waals surface area contributed by atoms with Crippen LogP contribution in [-0.4, -0.2) is 36.1 Å². The SMILES string of the molecule is Cc1c(C)c(C)c(CN[C@H]2CC[C@@H](Nc3nccc(N(C)C)n3)CC2)c(C)c1C. The van der Waals surface area contributed by atoms with E-state index in [1.54, 1.807) is 0 Å². The zero-order chi connectivity index (χ0) is 21.1. The maximum absolute atomic E-state index is 4.59. The van der Waals surface area contributed by atoms with E-state index < -0.39 is 0 Å². The minimum absolute atomic E-state index is 0.456. The third-order valence-corrected chi connectivity index (χ3v) is 6.88. The van der Waals surface area contributed by atoms with Crippen LogP contribution in [0.2, 0.25) is 0 Å². The van der Waals surface area contributed by atoms with Gasteiger partial charge in [0.2, 0.25) is 5.95 Å². The molecule has 158 valence electrons. The Hall–Kier alpha value is -2.14. The van der Waals surface area contributed by atoms with Crippen molar-refractivity contribution >= 4 is 11.8 Å². The molecule has 29 heavy (non-hydrogen) atoms. The van der Waals surface area contributed by atoms with E-state index in [2.05, 4.69) is 55.2 Å². The molecule has 2 N–H and O–H groups in total. The normalized spacial score (nSPS) is 19.3. The van der Waals surface area contributed by atoms with Crippen LogP contribution in [0.3, 0.4) is 0 Å². The van der Waals surface area contributed by atoms with Gasteiger partial charge in [-0.1, -0.05) is 0 Å². The molecule has 1 aromatic heterocycles. The standard InChI is InChI=1S/C24H37N5/c1-15-16(2)18(4)22(19(5)17(15)3)14-26-20-8-10-21(11-9-20)27-24-25-13-12-23(28-24)29(6)7/h12-13,20-21,26H,8-11,14H2,1-7H3,(H,25,27,28)/t20-,21+. The van der Waals surface area contributed by atoms with Crippen molar-refractivity contribution in [2.45, 2.75) is 78.9 Å². The van der Waals surface area contributed by atoms with E-state index in [1.165, 1.54) is 46.2 Å². The summed E-state index contributed by atoms with van der Waals surface area (Å²) in [6, 6.07) is 2.98. The first kappa shape index (κ1) is 21.6. The van der Waals surface area contributed by atoms with Crippen LogP contribution in [0.1, 0.15) is 59.1 Å². The van der Waals surface area contributed by atoms with Crippen LogP contribution in [0.15, 0.2) is 12.3 Å². The van der Waals surface area contributed by atoms with Crippen molar-refractivity contribution in [3.63, 3.8) is 0 Å². The summed E-state index contributed by atoms with van der Waals surface area (Å²) >= 11 is 0. The Bertz CT molecular complexity index is 822. The minimum atomic E-state index is 0.456. The van der Waals surface area contributed by atoms with Crippen LogP contribution < -0.4 is 15.5 Å². The van der Waals surface area contributed by atoms with Gasteiger partial charge in [-0.05, 0) is 99.7 Å². The fourth-order valence-corrected chi connectivity index (χ4v) is 4.38. The van der Waals surface area contributed by atoms with E-state index in [0.717, 1.165) is 31.2 Å². The highest BCUT2D eigenvalue weighted by Crippen LogP contribution is 2.27. The molecule has 5 nitrogen and oxygen atoms in total. The molecular formula is C24H37N5. The zero-order valence-electron chi connectivity index (χ0n) is 19.2. The van der Waals surface area contributed by atoms with Gasteiger partial charge < -0.3 is 15.5 Å². The van der Waals surface area contributed by atoms with Crippen LogP contribution in [0, 0.1) is 34.6 Å². The molecule has 5 heteroatoms.